The van der Waals surface area contributed by atoms with Crippen LogP contribution in [0.15, 0.2) is 29.2 Å². The lowest BCUT2D eigenvalue weighted by molar-refractivity contribution is -0.142. The number of hydrogen-bond donors (Lipinski definition) is 2. The average Bonchev–Trinajstić information content (AvgIpc) is 2.45. The number of benzene rings is 1. The third-order valence-electron chi connectivity index (χ3n) is 2.86. The predicted molar refractivity (Wildman–Crippen MR) is 82.6 cm³/mol. The maximum Gasteiger partial charge on any atom is 0.326 e. The molecule has 2 N–H and O–H groups in total. The number of carbonyl (C=O) groups excluding carboxylic acids is 1. The quantitative estimate of drug-likeness (QED) is 0.683. The van der Waals surface area contributed by atoms with Crippen molar-refractivity contribution < 1.29 is 19.4 Å². The monoisotopic (exact) mass is 311 g/mol. The van der Waals surface area contributed by atoms with Crippen molar-refractivity contribution in [3.05, 3.63) is 29.8 Å². The number of aryl methyl sites for hydroxylation is 1. The van der Waals surface area contributed by atoms with E-state index >= 15 is 0 Å². The van der Waals surface area contributed by atoms with Crippen LogP contribution < -0.4 is 5.32 Å². The van der Waals surface area contributed by atoms with Gasteiger partial charge in [-0.3, -0.25) is 4.79 Å². The molecule has 0 bridgehead atoms. The zero-order valence-electron chi connectivity index (χ0n) is 12.3. The van der Waals surface area contributed by atoms with Gasteiger partial charge >= 0.3 is 5.97 Å². The van der Waals surface area contributed by atoms with Crippen molar-refractivity contribution in [3.63, 3.8) is 0 Å². The summed E-state index contributed by atoms with van der Waals surface area (Å²) in [7, 11) is 1.50. The molecule has 0 heterocycles. The Morgan fingerprint density at radius 2 is 2.00 bits per heavy atom. The van der Waals surface area contributed by atoms with Crippen molar-refractivity contribution in [3.8, 4) is 0 Å². The second kappa shape index (κ2) is 9.41. The Kier molecular flexibility index (Phi) is 7.85. The molecule has 1 aromatic carbocycles. The van der Waals surface area contributed by atoms with Gasteiger partial charge in [-0.25, -0.2) is 4.79 Å². The highest BCUT2D eigenvalue weighted by molar-refractivity contribution is 7.99. The fraction of sp³-hybridized carbons (Fsp3) is 0.467. The minimum atomic E-state index is -1.04. The molecule has 0 saturated heterocycles. The Morgan fingerprint density at radius 3 is 2.57 bits per heavy atom. The Balaban J connectivity index is 2.32. The summed E-state index contributed by atoms with van der Waals surface area (Å²) in [5, 5.41) is 11.5. The maximum atomic E-state index is 11.7. The van der Waals surface area contributed by atoms with Crippen molar-refractivity contribution >= 4 is 23.6 Å². The van der Waals surface area contributed by atoms with E-state index < -0.39 is 12.0 Å². The molecular weight excluding hydrogens is 290 g/mol. The molecule has 1 aromatic rings. The number of nitrogens with one attached hydrogen (secondary N) is 1. The van der Waals surface area contributed by atoms with Crippen molar-refractivity contribution in [2.24, 2.45) is 0 Å². The molecule has 0 aliphatic carbocycles. The summed E-state index contributed by atoms with van der Waals surface area (Å²) in [4.78, 5) is 23.8. The average molecular weight is 311 g/mol. The lowest BCUT2D eigenvalue weighted by Gasteiger charge is -2.13. The summed E-state index contributed by atoms with van der Waals surface area (Å²) in [6, 6.07) is 7.18. The van der Waals surface area contributed by atoms with Gasteiger partial charge in [-0.2, -0.15) is 0 Å². The molecule has 5 nitrogen and oxygen atoms in total. The molecule has 0 saturated carbocycles. The summed E-state index contributed by atoms with van der Waals surface area (Å²) in [5.74, 6) is -0.671. The van der Waals surface area contributed by atoms with Crippen molar-refractivity contribution in [1.82, 2.24) is 5.32 Å². The lowest BCUT2D eigenvalue weighted by atomic mass is 10.2. The fourth-order valence-electron chi connectivity index (χ4n) is 1.66. The molecule has 1 atom stereocenters. The predicted octanol–water partition coefficient (Wildman–Crippen LogP) is 2.08. The van der Waals surface area contributed by atoms with Crippen LogP contribution in [0.25, 0.3) is 0 Å². The number of carboxylic acids is 1. The van der Waals surface area contributed by atoms with Crippen LogP contribution in [-0.2, 0) is 14.3 Å². The van der Waals surface area contributed by atoms with Crippen LogP contribution in [0.2, 0.25) is 0 Å². The van der Waals surface area contributed by atoms with Crippen LogP contribution in [0.3, 0.4) is 0 Å². The zero-order valence-corrected chi connectivity index (χ0v) is 13.1. The van der Waals surface area contributed by atoms with E-state index in [4.69, 9.17) is 9.84 Å². The molecule has 0 aromatic heterocycles. The first-order chi connectivity index (χ1) is 10.0. The Bertz CT molecular complexity index is 461. The van der Waals surface area contributed by atoms with Crippen LogP contribution >= 0.6 is 11.8 Å². The summed E-state index contributed by atoms with van der Waals surface area (Å²) in [6.07, 6.45) is 0.554. The van der Waals surface area contributed by atoms with Gasteiger partial charge in [-0.1, -0.05) is 17.7 Å². The zero-order chi connectivity index (χ0) is 15.7. The van der Waals surface area contributed by atoms with Gasteiger partial charge < -0.3 is 15.2 Å². The van der Waals surface area contributed by atoms with Crippen LogP contribution in [0.5, 0.6) is 0 Å². The minimum Gasteiger partial charge on any atom is -0.480 e. The third kappa shape index (κ3) is 7.15. The van der Waals surface area contributed by atoms with Crippen molar-refractivity contribution in [1.29, 1.82) is 0 Å². The van der Waals surface area contributed by atoms with Gasteiger partial charge in [0.25, 0.3) is 0 Å². The second-order valence-corrected chi connectivity index (χ2v) is 5.82. The van der Waals surface area contributed by atoms with E-state index in [0.29, 0.717) is 12.4 Å². The Labute approximate surface area is 129 Å². The standard InChI is InChI=1S/C15H21NO4S/c1-11-3-5-12(6-4-11)21-10-8-14(17)16-13(15(18)19)7-9-20-2/h3-6,13H,7-10H2,1-2H3,(H,16,17)(H,18,19). The number of carboxylic acid groups (broad SMARTS) is 1. The van der Waals surface area contributed by atoms with E-state index in [1.807, 2.05) is 31.2 Å². The van der Waals surface area contributed by atoms with E-state index in [-0.39, 0.29) is 18.7 Å². The second-order valence-electron chi connectivity index (χ2n) is 4.65. The molecule has 0 aliphatic rings. The molecular formula is C15H21NO4S. The van der Waals surface area contributed by atoms with Crippen molar-refractivity contribution in [2.75, 3.05) is 19.5 Å². The summed E-state index contributed by atoms with van der Waals surface area (Å²) < 4.78 is 4.83. The molecule has 0 spiro atoms. The molecule has 1 amide bonds. The van der Waals surface area contributed by atoms with Crippen LogP contribution in [0.1, 0.15) is 18.4 Å². The molecule has 0 aliphatic heterocycles. The summed E-state index contributed by atoms with van der Waals surface area (Å²) >= 11 is 1.58. The molecule has 116 valence electrons. The van der Waals surface area contributed by atoms with E-state index in [9.17, 15) is 9.59 Å². The number of rotatable bonds is 9. The van der Waals surface area contributed by atoms with E-state index in [1.54, 1.807) is 11.8 Å². The number of ether oxygens (including phenoxy) is 1. The summed E-state index contributed by atoms with van der Waals surface area (Å²) in [5.41, 5.74) is 1.19. The Hall–Kier alpha value is -1.53. The molecule has 0 fully saturated rings. The maximum absolute atomic E-state index is 11.7. The molecule has 21 heavy (non-hydrogen) atoms. The number of aliphatic carboxylic acids is 1. The number of amides is 1. The van der Waals surface area contributed by atoms with Crippen LogP contribution in [0, 0.1) is 6.92 Å². The molecule has 6 heteroatoms. The van der Waals surface area contributed by atoms with Gasteiger partial charge in [0.15, 0.2) is 0 Å². The fourth-order valence-corrected chi connectivity index (χ4v) is 2.51. The van der Waals surface area contributed by atoms with Gasteiger partial charge in [0.2, 0.25) is 5.91 Å². The van der Waals surface area contributed by atoms with Crippen LogP contribution in [0.4, 0.5) is 0 Å². The van der Waals surface area contributed by atoms with E-state index in [2.05, 4.69) is 5.32 Å². The third-order valence-corrected chi connectivity index (χ3v) is 3.88. The first-order valence-corrected chi connectivity index (χ1v) is 7.72. The van der Waals surface area contributed by atoms with Gasteiger partial charge in [0.05, 0.1) is 0 Å². The first-order valence-electron chi connectivity index (χ1n) is 6.73. The van der Waals surface area contributed by atoms with E-state index in [1.165, 1.54) is 12.7 Å². The van der Waals surface area contributed by atoms with Gasteiger partial charge in [0.1, 0.15) is 6.04 Å². The van der Waals surface area contributed by atoms with Gasteiger partial charge in [-0.05, 0) is 19.1 Å². The SMILES string of the molecule is COCCC(NC(=O)CCSc1ccc(C)cc1)C(=O)O. The van der Waals surface area contributed by atoms with Gasteiger partial charge in [-0.15, -0.1) is 11.8 Å². The summed E-state index contributed by atoms with van der Waals surface area (Å²) in [6.45, 7) is 2.32. The normalized spacial score (nSPS) is 11.9. The molecule has 1 unspecified atom stereocenters. The highest BCUT2D eigenvalue weighted by atomic mass is 32.2. The first kappa shape index (κ1) is 17.5. The van der Waals surface area contributed by atoms with Gasteiger partial charge in [0, 0.05) is 37.2 Å². The lowest BCUT2D eigenvalue weighted by Crippen LogP contribution is -2.41. The minimum absolute atomic E-state index is 0.252. The molecule has 1 rings (SSSR count). The highest BCUT2D eigenvalue weighted by Crippen LogP contribution is 2.18. The van der Waals surface area contributed by atoms with Crippen LogP contribution in [-0.4, -0.2) is 42.5 Å². The largest absolute Gasteiger partial charge is 0.480 e. The highest BCUT2D eigenvalue weighted by Gasteiger charge is 2.19. The number of carbonyl (C=O) groups is 2. The number of thioether (sulfide) groups is 1. The van der Waals surface area contributed by atoms with Crippen molar-refractivity contribution in [2.45, 2.75) is 30.7 Å². The van der Waals surface area contributed by atoms with E-state index in [0.717, 1.165) is 4.90 Å². The topological polar surface area (TPSA) is 75.6 Å². The Morgan fingerprint density at radius 1 is 1.33 bits per heavy atom. The smallest absolute Gasteiger partial charge is 0.326 e. The number of methoxy groups -OCH3 is 1. The molecule has 0 radical (unpaired) electrons. The number of hydrogen-bond acceptors (Lipinski definition) is 4.